The lowest BCUT2D eigenvalue weighted by Crippen LogP contribution is -2.39. The second kappa shape index (κ2) is 10.0. The fourth-order valence-electron chi connectivity index (χ4n) is 2.56. The van der Waals surface area contributed by atoms with E-state index >= 15 is 0 Å². The minimum atomic E-state index is -4.84. The summed E-state index contributed by atoms with van der Waals surface area (Å²) in [4.78, 5) is 22.5. The molecule has 0 aromatic heterocycles. The van der Waals surface area contributed by atoms with Crippen LogP contribution in [0.15, 0.2) is 41.5 Å². The third-order valence-electron chi connectivity index (χ3n) is 4.03. The Morgan fingerprint density at radius 2 is 1.97 bits per heavy atom. The van der Waals surface area contributed by atoms with Gasteiger partial charge in [0.2, 0.25) is 10.0 Å². The number of ether oxygens (including phenoxy) is 1. The summed E-state index contributed by atoms with van der Waals surface area (Å²) in [7, 11) is -2.91. The van der Waals surface area contributed by atoms with Crippen LogP contribution >= 0.6 is 11.6 Å². The average Bonchev–Trinajstić information content (AvgIpc) is 2.70. The van der Waals surface area contributed by atoms with Crippen LogP contribution in [0.1, 0.15) is 11.1 Å². The number of anilines is 1. The van der Waals surface area contributed by atoms with Gasteiger partial charge in [-0.15, -0.1) is 0 Å². The van der Waals surface area contributed by atoms with E-state index in [1.807, 2.05) is 5.43 Å². The van der Waals surface area contributed by atoms with Crippen molar-refractivity contribution >= 4 is 45.1 Å². The number of carbonyl (C=O) groups is 1. The number of nitro groups is 1. The molecule has 1 amide bonds. The average molecular weight is 509 g/mol. The highest BCUT2D eigenvalue weighted by Gasteiger charge is 2.34. The molecule has 2 rings (SSSR count). The molecule has 10 nitrogen and oxygen atoms in total. The summed E-state index contributed by atoms with van der Waals surface area (Å²) >= 11 is 5.55. The van der Waals surface area contributed by atoms with Crippen molar-refractivity contribution in [3.63, 3.8) is 0 Å². The Kier molecular flexibility index (Phi) is 7.87. The van der Waals surface area contributed by atoms with Crippen LogP contribution < -0.4 is 14.5 Å². The lowest BCUT2D eigenvalue weighted by molar-refractivity contribution is -0.385. The van der Waals surface area contributed by atoms with E-state index in [1.54, 1.807) is 0 Å². The molecule has 0 saturated carbocycles. The maximum atomic E-state index is 13.1. The van der Waals surface area contributed by atoms with E-state index in [0.717, 1.165) is 24.4 Å². The van der Waals surface area contributed by atoms with Crippen molar-refractivity contribution in [2.24, 2.45) is 5.10 Å². The minimum Gasteiger partial charge on any atom is -0.490 e. The van der Waals surface area contributed by atoms with Gasteiger partial charge in [-0.1, -0.05) is 11.6 Å². The summed E-state index contributed by atoms with van der Waals surface area (Å²) in [6.45, 7) is -0.891. The van der Waals surface area contributed by atoms with E-state index in [9.17, 15) is 36.5 Å². The fraction of sp³-hybridized carbons (Fsp3) is 0.222. The van der Waals surface area contributed by atoms with Gasteiger partial charge in [-0.25, -0.2) is 13.8 Å². The topological polar surface area (TPSA) is 131 Å². The van der Waals surface area contributed by atoms with Gasteiger partial charge in [-0.3, -0.25) is 19.2 Å². The fourth-order valence-corrected chi connectivity index (χ4v) is 3.63. The Bertz CT molecular complexity index is 1200. The lowest BCUT2D eigenvalue weighted by Gasteiger charge is -2.22. The SMILES string of the molecule is COc1ccc(/C=N/NC(=O)CN(c2ccc(Cl)c(C(F)(F)F)c2)S(C)(=O)=O)cc1[N+](=O)[O-]. The molecule has 1 N–H and O–H groups in total. The molecule has 0 aliphatic heterocycles. The summed E-state index contributed by atoms with van der Waals surface area (Å²) in [5.41, 5.74) is 0.182. The number of hydrogen-bond acceptors (Lipinski definition) is 7. The number of methoxy groups -OCH3 is 1. The second-order valence-corrected chi connectivity index (χ2v) is 8.73. The lowest BCUT2D eigenvalue weighted by atomic mass is 10.2. The molecule has 0 atom stereocenters. The van der Waals surface area contributed by atoms with Gasteiger partial charge in [0, 0.05) is 11.6 Å². The number of hydrogen-bond donors (Lipinski definition) is 1. The smallest absolute Gasteiger partial charge is 0.417 e. The highest BCUT2D eigenvalue weighted by atomic mass is 35.5. The minimum absolute atomic E-state index is 0.00571. The van der Waals surface area contributed by atoms with Gasteiger partial charge < -0.3 is 4.74 Å². The molecule has 0 aliphatic carbocycles. The summed E-state index contributed by atoms with van der Waals surface area (Å²) in [6.07, 6.45) is -3.08. The van der Waals surface area contributed by atoms with Crippen LogP contribution in [-0.2, 0) is 21.0 Å². The number of nitrogens with zero attached hydrogens (tertiary/aromatic N) is 3. The zero-order valence-corrected chi connectivity index (χ0v) is 18.5. The van der Waals surface area contributed by atoms with Crippen LogP contribution in [0.5, 0.6) is 5.75 Å². The molecular formula is C18H16ClF3N4O6S. The predicted octanol–water partition coefficient (Wildman–Crippen LogP) is 3.19. The van der Waals surface area contributed by atoms with Gasteiger partial charge in [0.1, 0.15) is 6.54 Å². The number of alkyl halides is 3. The Morgan fingerprint density at radius 1 is 1.30 bits per heavy atom. The van der Waals surface area contributed by atoms with E-state index < -0.39 is 49.8 Å². The Morgan fingerprint density at radius 3 is 2.52 bits per heavy atom. The Hall–Kier alpha value is -3.39. The molecule has 0 unspecified atom stereocenters. The van der Waals surface area contributed by atoms with Crippen molar-refractivity contribution in [2.75, 3.05) is 24.2 Å². The molecule has 0 radical (unpaired) electrons. The molecule has 0 aliphatic rings. The van der Waals surface area contributed by atoms with Crippen molar-refractivity contribution in [2.45, 2.75) is 6.18 Å². The Labute approximate surface area is 190 Å². The summed E-state index contributed by atoms with van der Waals surface area (Å²) in [5, 5.41) is 14.0. The van der Waals surface area contributed by atoms with Crippen LogP contribution in [0.3, 0.4) is 0 Å². The van der Waals surface area contributed by atoms with E-state index in [-0.39, 0.29) is 17.0 Å². The maximum Gasteiger partial charge on any atom is 0.417 e. The zero-order valence-electron chi connectivity index (χ0n) is 17.0. The zero-order chi connectivity index (χ0) is 25.0. The van der Waals surface area contributed by atoms with Crippen LogP contribution in [0.25, 0.3) is 0 Å². The van der Waals surface area contributed by atoms with Crippen molar-refractivity contribution in [3.8, 4) is 5.75 Å². The highest BCUT2D eigenvalue weighted by Crippen LogP contribution is 2.37. The largest absolute Gasteiger partial charge is 0.490 e. The van der Waals surface area contributed by atoms with Crippen LogP contribution in [0, 0.1) is 10.1 Å². The first-order valence-electron chi connectivity index (χ1n) is 8.73. The standard InChI is InChI=1S/C18H16ClF3N4O6S/c1-32-16-6-3-11(7-15(16)26(28)29)9-23-24-17(27)10-25(33(2,30)31)12-4-5-14(19)13(8-12)18(20,21)22/h3-9H,10H2,1-2H3,(H,24,27)/b23-9+. The number of carbonyl (C=O) groups excluding carboxylic acids is 1. The van der Waals surface area contributed by atoms with E-state index in [2.05, 4.69) is 5.10 Å². The highest BCUT2D eigenvalue weighted by molar-refractivity contribution is 7.92. The van der Waals surface area contributed by atoms with Crippen molar-refractivity contribution in [3.05, 3.63) is 62.7 Å². The van der Waals surface area contributed by atoms with Gasteiger partial charge in [0.15, 0.2) is 5.75 Å². The Balaban J connectivity index is 2.21. The van der Waals surface area contributed by atoms with E-state index in [1.165, 1.54) is 19.2 Å². The van der Waals surface area contributed by atoms with Gasteiger partial charge in [-0.05, 0) is 30.3 Å². The number of benzene rings is 2. The second-order valence-electron chi connectivity index (χ2n) is 6.41. The first-order valence-corrected chi connectivity index (χ1v) is 11.0. The molecule has 0 heterocycles. The maximum absolute atomic E-state index is 13.1. The number of nitrogens with one attached hydrogen (secondary N) is 1. The molecule has 15 heteroatoms. The monoisotopic (exact) mass is 508 g/mol. The first kappa shape index (κ1) is 25.9. The predicted molar refractivity (Wildman–Crippen MR) is 114 cm³/mol. The van der Waals surface area contributed by atoms with Crippen molar-refractivity contribution in [1.29, 1.82) is 0 Å². The van der Waals surface area contributed by atoms with Gasteiger partial charge in [0.25, 0.3) is 5.91 Å². The molecule has 0 saturated heterocycles. The molecule has 2 aromatic rings. The summed E-state index contributed by atoms with van der Waals surface area (Å²) < 4.78 is 68.8. The summed E-state index contributed by atoms with van der Waals surface area (Å²) in [5.74, 6) is -0.977. The molecule has 33 heavy (non-hydrogen) atoms. The van der Waals surface area contributed by atoms with Gasteiger partial charge in [-0.2, -0.15) is 18.3 Å². The van der Waals surface area contributed by atoms with Crippen LogP contribution in [0.4, 0.5) is 24.5 Å². The van der Waals surface area contributed by atoms with E-state index in [0.29, 0.717) is 16.6 Å². The van der Waals surface area contributed by atoms with Crippen molar-refractivity contribution in [1.82, 2.24) is 5.43 Å². The van der Waals surface area contributed by atoms with Crippen molar-refractivity contribution < 1.29 is 36.0 Å². The summed E-state index contributed by atoms with van der Waals surface area (Å²) in [6, 6.07) is 6.25. The van der Waals surface area contributed by atoms with Crippen LogP contribution in [0.2, 0.25) is 5.02 Å². The molecule has 178 valence electrons. The van der Waals surface area contributed by atoms with Gasteiger partial charge >= 0.3 is 11.9 Å². The number of amides is 1. The molecule has 0 spiro atoms. The molecule has 0 fully saturated rings. The molecular weight excluding hydrogens is 493 g/mol. The molecule has 0 bridgehead atoms. The van der Waals surface area contributed by atoms with E-state index in [4.69, 9.17) is 16.3 Å². The van der Waals surface area contributed by atoms with Gasteiger partial charge in [0.05, 0.1) is 40.8 Å². The first-order chi connectivity index (χ1) is 15.2. The number of halogens is 4. The number of hydrazone groups is 1. The third kappa shape index (κ3) is 6.79. The third-order valence-corrected chi connectivity index (χ3v) is 5.50. The van der Waals surface area contributed by atoms with Crippen LogP contribution in [-0.4, -0.2) is 45.4 Å². The number of sulfonamides is 1. The number of rotatable bonds is 8. The quantitative estimate of drug-likeness (QED) is 0.331. The normalized spacial score (nSPS) is 11.9. The number of nitro benzene ring substituents is 1. The molecule has 2 aromatic carbocycles.